The molecule has 0 spiro atoms. The predicted octanol–water partition coefficient (Wildman–Crippen LogP) is 0.165. The van der Waals surface area contributed by atoms with Crippen molar-refractivity contribution in [1.29, 1.82) is 0 Å². The van der Waals surface area contributed by atoms with Crippen molar-refractivity contribution in [1.82, 2.24) is 10.6 Å². The Labute approximate surface area is 85.6 Å². The predicted molar refractivity (Wildman–Crippen MR) is 52.6 cm³/mol. The van der Waals surface area contributed by atoms with Crippen LogP contribution in [0.5, 0.6) is 0 Å². The molecule has 0 aromatic heterocycles. The van der Waals surface area contributed by atoms with Crippen molar-refractivity contribution in [3.8, 4) is 0 Å². The summed E-state index contributed by atoms with van der Waals surface area (Å²) in [6, 6.07) is -0.0356. The average molecular weight is 249 g/mol. The topological polar surface area (TPSA) is 58.2 Å². The van der Waals surface area contributed by atoms with Gasteiger partial charge in [-0.3, -0.25) is 9.59 Å². The van der Waals surface area contributed by atoms with Crippen LogP contribution in [0.2, 0.25) is 0 Å². The maximum Gasteiger partial charge on any atom is 0.234 e. The van der Waals surface area contributed by atoms with E-state index in [0.717, 1.165) is 6.42 Å². The molecule has 0 saturated carbocycles. The van der Waals surface area contributed by atoms with Crippen LogP contribution < -0.4 is 10.6 Å². The van der Waals surface area contributed by atoms with Crippen LogP contribution in [0.15, 0.2) is 0 Å². The van der Waals surface area contributed by atoms with Crippen molar-refractivity contribution in [2.75, 3.05) is 6.54 Å². The smallest absolute Gasteiger partial charge is 0.234 e. The van der Waals surface area contributed by atoms with Crippen molar-refractivity contribution in [2.45, 2.75) is 30.6 Å². The maximum atomic E-state index is 11.3. The van der Waals surface area contributed by atoms with Gasteiger partial charge in [-0.05, 0) is 6.42 Å². The van der Waals surface area contributed by atoms with E-state index >= 15 is 0 Å². The minimum atomic E-state index is -0.150. The zero-order valence-electron chi connectivity index (χ0n) is 7.47. The lowest BCUT2D eigenvalue weighted by atomic mass is 10.2. The maximum absolute atomic E-state index is 11.3. The van der Waals surface area contributed by atoms with Crippen LogP contribution in [0, 0.1) is 0 Å². The van der Waals surface area contributed by atoms with Crippen LogP contribution in [-0.4, -0.2) is 29.2 Å². The SMILES string of the molecule is CCC(Br)C(=O)NC1CNC(=O)C1. The number of halogens is 1. The third-order valence-electron chi connectivity index (χ3n) is 1.97. The second-order valence-electron chi connectivity index (χ2n) is 3.09. The molecule has 0 aliphatic carbocycles. The van der Waals surface area contributed by atoms with Gasteiger partial charge in [0, 0.05) is 13.0 Å². The lowest BCUT2D eigenvalue weighted by Crippen LogP contribution is -2.40. The highest BCUT2D eigenvalue weighted by atomic mass is 79.9. The summed E-state index contributed by atoms with van der Waals surface area (Å²) in [5, 5.41) is 5.45. The van der Waals surface area contributed by atoms with E-state index in [1.54, 1.807) is 0 Å². The summed E-state index contributed by atoms with van der Waals surface area (Å²) >= 11 is 3.25. The molecule has 2 N–H and O–H groups in total. The van der Waals surface area contributed by atoms with E-state index < -0.39 is 0 Å². The summed E-state index contributed by atoms with van der Waals surface area (Å²) < 4.78 is 0. The second-order valence-corrected chi connectivity index (χ2v) is 4.19. The molecule has 1 aliphatic rings. The lowest BCUT2D eigenvalue weighted by molar-refractivity contribution is -0.121. The largest absolute Gasteiger partial charge is 0.354 e. The fraction of sp³-hybridized carbons (Fsp3) is 0.750. The highest BCUT2D eigenvalue weighted by Gasteiger charge is 2.24. The zero-order valence-corrected chi connectivity index (χ0v) is 9.06. The number of carbonyl (C=O) groups is 2. The summed E-state index contributed by atoms with van der Waals surface area (Å²) in [4.78, 5) is 22.0. The molecule has 0 aromatic rings. The molecule has 13 heavy (non-hydrogen) atoms. The van der Waals surface area contributed by atoms with Gasteiger partial charge < -0.3 is 10.6 Å². The van der Waals surface area contributed by atoms with Crippen LogP contribution in [0.3, 0.4) is 0 Å². The van der Waals surface area contributed by atoms with Crippen molar-refractivity contribution in [2.24, 2.45) is 0 Å². The van der Waals surface area contributed by atoms with Gasteiger partial charge in [0.05, 0.1) is 10.9 Å². The first kappa shape index (κ1) is 10.5. The molecule has 74 valence electrons. The molecule has 2 atom stereocenters. The van der Waals surface area contributed by atoms with Gasteiger partial charge in [-0.15, -0.1) is 0 Å². The summed E-state index contributed by atoms with van der Waals surface area (Å²) in [5.41, 5.74) is 0. The second kappa shape index (κ2) is 4.60. The fourth-order valence-corrected chi connectivity index (χ4v) is 1.32. The lowest BCUT2D eigenvalue weighted by Gasteiger charge is -2.12. The van der Waals surface area contributed by atoms with Gasteiger partial charge >= 0.3 is 0 Å². The first-order valence-electron chi connectivity index (χ1n) is 4.34. The number of amides is 2. The van der Waals surface area contributed by atoms with Gasteiger partial charge in [0.1, 0.15) is 0 Å². The normalized spacial score (nSPS) is 23.8. The van der Waals surface area contributed by atoms with E-state index in [1.165, 1.54) is 0 Å². The van der Waals surface area contributed by atoms with Crippen LogP contribution in [0.1, 0.15) is 19.8 Å². The van der Waals surface area contributed by atoms with E-state index in [4.69, 9.17) is 0 Å². The summed E-state index contributed by atoms with van der Waals surface area (Å²) in [7, 11) is 0. The number of alkyl halides is 1. The molecule has 0 aromatic carbocycles. The van der Waals surface area contributed by atoms with Crippen LogP contribution >= 0.6 is 15.9 Å². The third kappa shape index (κ3) is 2.99. The summed E-state index contributed by atoms with van der Waals surface area (Å²) in [5.74, 6) is -0.0306. The molecule has 0 radical (unpaired) electrons. The highest BCUT2D eigenvalue weighted by molar-refractivity contribution is 9.10. The number of hydrogen-bond donors (Lipinski definition) is 2. The molecule has 1 saturated heterocycles. The van der Waals surface area contributed by atoms with Gasteiger partial charge in [-0.2, -0.15) is 0 Å². The molecule has 0 bridgehead atoms. The molecular formula is C8H13BrN2O2. The molecule has 1 rings (SSSR count). The van der Waals surface area contributed by atoms with E-state index in [2.05, 4.69) is 26.6 Å². The Morgan fingerprint density at radius 3 is 3.00 bits per heavy atom. The minimum absolute atomic E-state index is 0.00733. The molecule has 2 unspecified atom stereocenters. The Morgan fingerprint density at radius 2 is 2.54 bits per heavy atom. The average Bonchev–Trinajstić information content (AvgIpc) is 2.49. The number of rotatable bonds is 3. The monoisotopic (exact) mass is 248 g/mol. The van der Waals surface area contributed by atoms with E-state index in [0.29, 0.717) is 13.0 Å². The fourth-order valence-electron chi connectivity index (χ4n) is 1.18. The minimum Gasteiger partial charge on any atom is -0.354 e. The van der Waals surface area contributed by atoms with E-state index in [1.807, 2.05) is 6.92 Å². The van der Waals surface area contributed by atoms with Crippen LogP contribution in [-0.2, 0) is 9.59 Å². The molecule has 1 fully saturated rings. The molecule has 5 heteroatoms. The van der Waals surface area contributed by atoms with Crippen molar-refractivity contribution >= 4 is 27.7 Å². The van der Waals surface area contributed by atoms with Gasteiger partial charge in [0.15, 0.2) is 0 Å². The molecule has 4 nitrogen and oxygen atoms in total. The Bertz CT molecular complexity index is 220. The van der Waals surface area contributed by atoms with Crippen molar-refractivity contribution in [3.05, 3.63) is 0 Å². The number of nitrogens with one attached hydrogen (secondary N) is 2. The molecule has 2 amide bonds. The van der Waals surface area contributed by atoms with Crippen molar-refractivity contribution < 1.29 is 9.59 Å². The summed E-state index contributed by atoms with van der Waals surface area (Å²) in [6.07, 6.45) is 1.15. The standard InChI is InChI=1S/C8H13BrN2O2/c1-2-6(9)8(13)11-5-3-7(12)10-4-5/h5-6H,2-4H2,1H3,(H,10,12)(H,11,13). The van der Waals surface area contributed by atoms with E-state index in [9.17, 15) is 9.59 Å². The molecule has 1 heterocycles. The Hall–Kier alpha value is -0.580. The number of hydrogen-bond acceptors (Lipinski definition) is 2. The highest BCUT2D eigenvalue weighted by Crippen LogP contribution is 2.06. The zero-order chi connectivity index (χ0) is 9.84. The quantitative estimate of drug-likeness (QED) is 0.700. The first-order valence-corrected chi connectivity index (χ1v) is 5.26. The van der Waals surface area contributed by atoms with E-state index in [-0.39, 0.29) is 22.7 Å². The van der Waals surface area contributed by atoms with Gasteiger partial charge in [-0.1, -0.05) is 22.9 Å². The first-order chi connectivity index (χ1) is 6.13. The summed E-state index contributed by atoms with van der Waals surface area (Å²) in [6.45, 7) is 2.48. The Morgan fingerprint density at radius 1 is 1.85 bits per heavy atom. The van der Waals surface area contributed by atoms with Gasteiger partial charge in [0.2, 0.25) is 11.8 Å². The molecule has 1 aliphatic heterocycles. The number of carbonyl (C=O) groups excluding carboxylic acids is 2. The van der Waals surface area contributed by atoms with Gasteiger partial charge in [0.25, 0.3) is 0 Å². The van der Waals surface area contributed by atoms with Crippen LogP contribution in [0.25, 0.3) is 0 Å². The van der Waals surface area contributed by atoms with Crippen LogP contribution in [0.4, 0.5) is 0 Å². The molecular weight excluding hydrogens is 236 g/mol. The third-order valence-corrected chi connectivity index (χ3v) is 3.03. The Kier molecular flexibility index (Phi) is 3.71. The van der Waals surface area contributed by atoms with Gasteiger partial charge in [-0.25, -0.2) is 0 Å². The Balaban J connectivity index is 2.32. The van der Waals surface area contributed by atoms with Crippen molar-refractivity contribution in [3.63, 3.8) is 0 Å².